The lowest BCUT2D eigenvalue weighted by atomic mass is 9.58. The number of rotatable bonds is 4. The summed E-state index contributed by atoms with van der Waals surface area (Å²) in [6, 6.07) is 0. The normalized spacial score (nSPS) is 46.3. The van der Waals surface area contributed by atoms with E-state index >= 15 is 0 Å². The number of ketones is 3. The number of hydrogen-bond donors (Lipinski definition) is 5. The summed E-state index contributed by atoms with van der Waals surface area (Å²) in [5.74, 6) is -3.83. The number of fused-ring (bicyclic) bond motifs is 2. The highest BCUT2D eigenvalue weighted by molar-refractivity contribution is 5.91. The number of hydrogen-bond acceptors (Lipinski definition) is 9. The second-order valence-corrected chi connectivity index (χ2v) is 19.2. The largest absolute Gasteiger partial charge is 0.393 e. The van der Waals surface area contributed by atoms with E-state index in [1.165, 1.54) is 20.8 Å². The third kappa shape index (κ3) is 12.1. The van der Waals surface area contributed by atoms with E-state index in [4.69, 9.17) is 4.74 Å². The van der Waals surface area contributed by atoms with Crippen molar-refractivity contribution in [3.8, 4) is 0 Å². The lowest BCUT2D eigenvalue weighted by Gasteiger charge is -2.57. The molecule has 326 valence electrons. The fraction of sp³-hybridized carbons (Fsp3) is 0.812. The van der Waals surface area contributed by atoms with Gasteiger partial charge in [-0.05, 0) is 113 Å². The molecule has 18 atom stereocenters. The summed E-state index contributed by atoms with van der Waals surface area (Å²) >= 11 is 0. The first-order valence-corrected chi connectivity index (χ1v) is 22.4. The molecule has 0 amide bonds. The van der Waals surface area contributed by atoms with Crippen LogP contribution in [0.25, 0.3) is 0 Å². The van der Waals surface area contributed by atoms with Crippen LogP contribution in [0.3, 0.4) is 0 Å². The smallest absolute Gasteiger partial charge is 0.172 e. The molecule has 1 saturated carbocycles. The van der Waals surface area contributed by atoms with Crippen LogP contribution in [0.2, 0.25) is 0 Å². The molecule has 1 unspecified atom stereocenters. The van der Waals surface area contributed by atoms with Crippen molar-refractivity contribution in [2.75, 3.05) is 0 Å². The molecule has 3 aliphatic rings. The van der Waals surface area contributed by atoms with Crippen LogP contribution in [-0.2, 0) is 19.1 Å². The van der Waals surface area contributed by atoms with Crippen LogP contribution in [0.4, 0.5) is 0 Å². The molecular weight excluding hydrogens is 721 g/mol. The summed E-state index contributed by atoms with van der Waals surface area (Å²) in [5.41, 5.74) is -2.54. The molecule has 9 nitrogen and oxygen atoms in total. The average molecular weight is 801 g/mol. The van der Waals surface area contributed by atoms with Crippen molar-refractivity contribution >= 4 is 17.3 Å². The van der Waals surface area contributed by atoms with Gasteiger partial charge in [-0.3, -0.25) is 14.4 Å². The molecule has 57 heavy (non-hydrogen) atoms. The van der Waals surface area contributed by atoms with Crippen LogP contribution in [0.5, 0.6) is 0 Å². The topological polar surface area (TPSA) is 162 Å². The number of Topliss-reactive ketones (excluding diaryl/α,β-unsaturated/α-hetero) is 2. The standard InChI is InChI=1S/C48H80O9/c1-12-36-18-16-14-15-17-30(5)45(54)47(11,56)46(55)35(10)44(53)34(9)43(52)33(8)42(51)29(4)19-21-38(50)26-39-32(7)41(22-20-36)57-48(40(39)13-2)24-23-28(3)37(27-48)25-31(6)49/h14-16,18-19,21,28-37,39-42,44-45,49,51,53-54,56H,12-13,17,20,22-27H2,1-11H3/b15-14+,18-16+,21-19+/t28-,29-,30+,31+,32-,33-,34-,35-,36-,37+,39+,40-,41-,42+,44+,45-,47+,48?/m1/s1. The number of aliphatic hydroxyl groups is 5. The quantitative estimate of drug-likeness (QED) is 0.193. The van der Waals surface area contributed by atoms with Crippen molar-refractivity contribution in [2.24, 2.45) is 65.1 Å². The van der Waals surface area contributed by atoms with E-state index in [-0.39, 0.29) is 35.2 Å². The summed E-state index contributed by atoms with van der Waals surface area (Å²) in [4.78, 5) is 41.0. The van der Waals surface area contributed by atoms with Gasteiger partial charge in [0.1, 0.15) is 11.4 Å². The number of allylic oxidation sites excluding steroid dienone is 5. The zero-order valence-electron chi connectivity index (χ0n) is 37.1. The van der Waals surface area contributed by atoms with Crippen molar-refractivity contribution in [3.05, 3.63) is 36.5 Å². The maximum absolute atomic E-state index is 13.9. The SMILES string of the molecule is CC[C@@H]1/C=C/C=C/C[C@H](C)[C@@H](O)[C@](C)(O)C(=O)[C@H](C)[C@@H](O)[C@H](C)C(=O)[C@H](C)[C@@H](O)[C@H](C)/C=C/C(=O)C[C@H]2[C@@H](C)[C@@H](CC1)OC1(CC[C@@H](C)[C@@H](C[C@H](C)O)C1)[C@@H]2CC. The highest BCUT2D eigenvalue weighted by atomic mass is 16.5. The minimum Gasteiger partial charge on any atom is -0.393 e. The first kappa shape index (κ1) is 49.4. The van der Waals surface area contributed by atoms with Crippen molar-refractivity contribution < 1.29 is 44.7 Å². The van der Waals surface area contributed by atoms with Gasteiger partial charge in [0.2, 0.25) is 0 Å². The third-order valence-corrected chi connectivity index (χ3v) is 14.9. The second-order valence-electron chi connectivity index (χ2n) is 19.2. The molecule has 2 bridgehead atoms. The monoisotopic (exact) mass is 801 g/mol. The Bertz CT molecular complexity index is 1400. The summed E-state index contributed by atoms with van der Waals surface area (Å²) in [5, 5.41) is 55.4. The van der Waals surface area contributed by atoms with Crippen molar-refractivity contribution in [3.63, 3.8) is 0 Å². The van der Waals surface area contributed by atoms with Gasteiger partial charge in [-0.15, -0.1) is 0 Å². The van der Waals surface area contributed by atoms with Gasteiger partial charge in [-0.2, -0.15) is 0 Å². The minimum absolute atomic E-state index is 0.0221. The van der Waals surface area contributed by atoms with Gasteiger partial charge in [-0.25, -0.2) is 0 Å². The van der Waals surface area contributed by atoms with Crippen molar-refractivity contribution in [1.82, 2.24) is 0 Å². The Balaban J connectivity index is 2.02. The van der Waals surface area contributed by atoms with Gasteiger partial charge in [0, 0.05) is 30.1 Å². The molecule has 0 aromatic heterocycles. The van der Waals surface area contributed by atoms with Crippen LogP contribution in [0.1, 0.15) is 140 Å². The van der Waals surface area contributed by atoms with E-state index in [1.54, 1.807) is 32.9 Å². The highest BCUT2D eigenvalue weighted by Gasteiger charge is 2.54. The molecule has 1 saturated heterocycles. The van der Waals surface area contributed by atoms with Gasteiger partial charge < -0.3 is 30.3 Å². The van der Waals surface area contributed by atoms with E-state index in [2.05, 4.69) is 33.8 Å². The Hall–Kier alpha value is -2.01. The molecule has 9 heteroatoms. The fourth-order valence-electron chi connectivity index (χ4n) is 10.7. The van der Waals surface area contributed by atoms with Gasteiger partial charge in [0.25, 0.3) is 0 Å². The molecule has 3 rings (SSSR count). The predicted octanol–water partition coefficient (Wildman–Crippen LogP) is 7.60. The first-order chi connectivity index (χ1) is 26.6. The number of ether oxygens (including phenoxy) is 1. The van der Waals surface area contributed by atoms with Crippen LogP contribution in [-0.4, -0.2) is 84.6 Å². The minimum atomic E-state index is -2.16. The van der Waals surface area contributed by atoms with Crippen LogP contribution < -0.4 is 0 Å². The molecule has 0 radical (unpaired) electrons. The van der Waals surface area contributed by atoms with Crippen LogP contribution >= 0.6 is 0 Å². The van der Waals surface area contributed by atoms with Gasteiger partial charge in [0.15, 0.2) is 11.6 Å². The van der Waals surface area contributed by atoms with E-state index in [0.29, 0.717) is 30.6 Å². The van der Waals surface area contributed by atoms with E-state index in [9.17, 15) is 39.9 Å². The maximum atomic E-state index is 13.9. The van der Waals surface area contributed by atoms with E-state index in [0.717, 1.165) is 51.4 Å². The third-order valence-electron chi connectivity index (χ3n) is 14.9. The lowest BCUT2D eigenvalue weighted by molar-refractivity contribution is -0.235. The highest BCUT2D eigenvalue weighted by Crippen LogP contribution is 2.55. The van der Waals surface area contributed by atoms with Crippen LogP contribution in [0, 0.1) is 65.1 Å². The zero-order valence-corrected chi connectivity index (χ0v) is 37.1. The first-order valence-electron chi connectivity index (χ1n) is 22.4. The van der Waals surface area contributed by atoms with Crippen LogP contribution in [0.15, 0.2) is 36.5 Å². The maximum Gasteiger partial charge on any atom is 0.172 e. The Labute approximate surface area is 344 Å². The Morgan fingerprint density at radius 2 is 1.49 bits per heavy atom. The summed E-state index contributed by atoms with van der Waals surface area (Å²) < 4.78 is 7.35. The molecule has 0 aromatic carbocycles. The molecule has 2 aliphatic carbocycles. The van der Waals surface area contributed by atoms with Crippen molar-refractivity contribution in [1.29, 1.82) is 0 Å². The second kappa shape index (κ2) is 21.5. The van der Waals surface area contributed by atoms with Gasteiger partial charge in [0.05, 0.1) is 36.1 Å². The Morgan fingerprint density at radius 3 is 2.11 bits per heavy atom. The van der Waals surface area contributed by atoms with Gasteiger partial charge in [-0.1, -0.05) is 99.1 Å². The summed E-state index contributed by atoms with van der Waals surface area (Å²) in [6.45, 7) is 20.1. The Morgan fingerprint density at radius 1 is 0.842 bits per heavy atom. The lowest BCUT2D eigenvalue weighted by Crippen LogP contribution is -2.58. The van der Waals surface area contributed by atoms with Crippen molar-refractivity contribution in [2.45, 2.75) is 182 Å². The molecular formula is C48H80O9. The Kier molecular flexibility index (Phi) is 18.6. The zero-order chi connectivity index (χ0) is 43.0. The number of aliphatic hydroxyl groups excluding tert-OH is 4. The van der Waals surface area contributed by atoms with E-state index < -0.39 is 71.2 Å². The molecule has 1 aliphatic heterocycles. The number of carbonyl (C=O) groups excluding carboxylic acids is 3. The summed E-state index contributed by atoms with van der Waals surface area (Å²) in [7, 11) is 0. The molecule has 2 fully saturated rings. The molecule has 1 heterocycles. The van der Waals surface area contributed by atoms with Gasteiger partial charge >= 0.3 is 0 Å². The summed E-state index contributed by atoms with van der Waals surface area (Å²) in [6.07, 6.45) is 14.8. The molecule has 0 aromatic rings. The number of carbonyl (C=O) groups is 3. The van der Waals surface area contributed by atoms with E-state index in [1.807, 2.05) is 25.2 Å². The average Bonchev–Trinajstić information content (AvgIpc) is 3.17. The predicted molar refractivity (Wildman–Crippen MR) is 226 cm³/mol. The molecule has 5 N–H and O–H groups in total. The molecule has 1 spiro atoms. The fourth-order valence-corrected chi connectivity index (χ4v) is 10.7.